The van der Waals surface area contributed by atoms with Gasteiger partial charge in [0.05, 0.1) is 0 Å². The van der Waals surface area contributed by atoms with Gasteiger partial charge in [-0.1, -0.05) is 30.3 Å². The van der Waals surface area contributed by atoms with E-state index in [0.717, 1.165) is 18.6 Å². The second kappa shape index (κ2) is 3.95. The van der Waals surface area contributed by atoms with Crippen LogP contribution >= 0.6 is 0 Å². The normalized spacial score (nSPS) is 30.7. The number of hydrogen-bond acceptors (Lipinski definition) is 2. The summed E-state index contributed by atoms with van der Waals surface area (Å²) in [6.45, 7) is 3.58. The van der Waals surface area contributed by atoms with Crippen molar-refractivity contribution in [2.24, 2.45) is 0 Å². The van der Waals surface area contributed by atoms with Gasteiger partial charge in [-0.25, -0.2) is 0 Å². The molecule has 2 heterocycles. The van der Waals surface area contributed by atoms with Gasteiger partial charge < -0.3 is 5.32 Å². The number of piperazine rings is 1. The van der Waals surface area contributed by atoms with E-state index in [9.17, 15) is 0 Å². The third kappa shape index (κ3) is 2.06. The Kier molecular flexibility index (Phi) is 2.47. The largest absolute Gasteiger partial charge is 0.309 e. The lowest BCUT2D eigenvalue weighted by atomic mass is 10.1. The lowest BCUT2D eigenvalue weighted by molar-refractivity contribution is 0.189. The molecule has 0 aromatic heterocycles. The Balaban J connectivity index is 1.65. The first-order chi connectivity index (χ1) is 7.40. The first-order valence-electron chi connectivity index (χ1n) is 5.92. The van der Waals surface area contributed by atoms with Crippen LogP contribution in [0.3, 0.4) is 0 Å². The van der Waals surface area contributed by atoms with Gasteiger partial charge in [-0.15, -0.1) is 0 Å². The van der Waals surface area contributed by atoms with Crippen LogP contribution in [0.2, 0.25) is 0 Å². The highest BCUT2D eigenvalue weighted by molar-refractivity contribution is 5.14. The number of nitrogens with one attached hydrogen (secondary N) is 1. The molecule has 0 radical (unpaired) electrons. The van der Waals surface area contributed by atoms with Crippen LogP contribution in [-0.2, 0) is 6.54 Å². The van der Waals surface area contributed by atoms with E-state index >= 15 is 0 Å². The van der Waals surface area contributed by atoms with Gasteiger partial charge in [-0.3, -0.25) is 4.90 Å². The van der Waals surface area contributed by atoms with Crippen molar-refractivity contribution in [2.75, 3.05) is 13.1 Å². The molecule has 80 valence electrons. The lowest BCUT2D eigenvalue weighted by Crippen LogP contribution is -2.50. The zero-order valence-corrected chi connectivity index (χ0v) is 9.02. The standard InChI is InChI=1S/C13H18N2/c1-2-4-11(5-3-1)8-15-9-12-6-7-13(10-15)14-12/h1-5,12-14H,6-10H2/t12-,13+. The summed E-state index contributed by atoms with van der Waals surface area (Å²) in [5, 5.41) is 3.66. The van der Waals surface area contributed by atoms with Crippen molar-refractivity contribution in [1.29, 1.82) is 0 Å². The van der Waals surface area contributed by atoms with Crippen molar-refractivity contribution >= 4 is 0 Å². The fourth-order valence-corrected chi connectivity index (χ4v) is 2.86. The summed E-state index contributed by atoms with van der Waals surface area (Å²) in [5.41, 5.74) is 1.44. The van der Waals surface area contributed by atoms with Gasteiger partial charge in [0.25, 0.3) is 0 Å². The van der Waals surface area contributed by atoms with E-state index in [0.29, 0.717) is 0 Å². The molecule has 1 aromatic rings. The molecule has 2 nitrogen and oxygen atoms in total. The zero-order valence-electron chi connectivity index (χ0n) is 9.02. The molecule has 2 aliphatic heterocycles. The van der Waals surface area contributed by atoms with Crippen molar-refractivity contribution < 1.29 is 0 Å². The van der Waals surface area contributed by atoms with Crippen LogP contribution in [0.25, 0.3) is 0 Å². The minimum atomic E-state index is 0.757. The molecule has 1 aromatic carbocycles. The van der Waals surface area contributed by atoms with E-state index in [4.69, 9.17) is 0 Å². The molecular formula is C13H18N2. The summed E-state index contributed by atoms with van der Waals surface area (Å²) < 4.78 is 0. The number of benzene rings is 1. The summed E-state index contributed by atoms with van der Waals surface area (Å²) in [6, 6.07) is 12.3. The summed E-state index contributed by atoms with van der Waals surface area (Å²) in [6.07, 6.45) is 2.74. The van der Waals surface area contributed by atoms with Crippen LogP contribution in [-0.4, -0.2) is 30.1 Å². The van der Waals surface area contributed by atoms with Crippen LogP contribution in [0.15, 0.2) is 30.3 Å². The Bertz CT molecular complexity index is 311. The van der Waals surface area contributed by atoms with E-state index in [1.165, 1.54) is 31.5 Å². The van der Waals surface area contributed by atoms with Gasteiger partial charge in [0.2, 0.25) is 0 Å². The van der Waals surface area contributed by atoms with Crippen molar-refractivity contribution in [3.8, 4) is 0 Å². The number of fused-ring (bicyclic) bond motifs is 2. The average molecular weight is 202 g/mol. The molecule has 2 bridgehead atoms. The maximum atomic E-state index is 3.66. The Labute approximate surface area is 91.3 Å². The number of rotatable bonds is 2. The first-order valence-corrected chi connectivity index (χ1v) is 5.92. The highest BCUT2D eigenvalue weighted by atomic mass is 15.2. The lowest BCUT2D eigenvalue weighted by Gasteiger charge is -2.32. The fourth-order valence-electron chi connectivity index (χ4n) is 2.86. The van der Waals surface area contributed by atoms with Crippen LogP contribution in [0.5, 0.6) is 0 Å². The molecule has 2 saturated heterocycles. The van der Waals surface area contributed by atoms with E-state index in [1.54, 1.807) is 0 Å². The fraction of sp³-hybridized carbons (Fsp3) is 0.538. The minimum absolute atomic E-state index is 0.757. The van der Waals surface area contributed by atoms with Gasteiger partial charge in [0.1, 0.15) is 0 Å². The molecule has 2 atom stereocenters. The Hall–Kier alpha value is -0.860. The topological polar surface area (TPSA) is 15.3 Å². The van der Waals surface area contributed by atoms with Crippen molar-refractivity contribution in [2.45, 2.75) is 31.5 Å². The maximum Gasteiger partial charge on any atom is 0.0235 e. The number of nitrogens with zero attached hydrogens (tertiary/aromatic N) is 1. The second-order valence-corrected chi connectivity index (χ2v) is 4.82. The van der Waals surface area contributed by atoms with E-state index < -0.39 is 0 Å². The smallest absolute Gasteiger partial charge is 0.0235 e. The van der Waals surface area contributed by atoms with Gasteiger partial charge in [-0.05, 0) is 18.4 Å². The van der Waals surface area contributed by atoms with Crippen LogP contribution in [0, 0.1) is 0 Å². The molecule has 2 aliphatic rings. The molecule has 3 rings (SSSR count). The zero-order chi connectivity index (χ0) is 10.1. The Morgan fingerprint density at radius 1 is 1.07 bits per heavy atom. The van der Waals surface area contributed by atoms with Crippen LogP contribution in [0.4, 0.5) is 0 Å². The minimum Gasteiger partial charge on any atom is -0.309 e. The second-order valence-electron chi connectivity index (χ2n) is 4.82. The molecule has 0 amide bonds. The molecule has 0 spiro atoms. The van der Waals surface area contributed by atoms with Crippen molar-refractivity contribution in [1.82, 2.24) is 10.2 Å². The molecular weight excluding hydrogens is 184 g/mol. The molecule has 0 saturated carbocycles. The summed E-state index contributed by atoms with van der Waals surface area (Å²) in [4.78, 5) is 2.59. The predicted octanol–water partition coefficient (Wildman–Crippen LogP) is 1.62. The van der Waals surface area contributed by atoms with E-state index in [2.05, 4.69) is 40.5 Å². The molecule has 1 N–H and O–H groups in total. The maximum absolute atomic E-state index is 3.66. The molecule has 15 heavy (non-hydrogen) atoms. The SMILES string of the molecule is c1ccc(CN2C[C@H]3CC[C@@H](C2)N3)cc1. The monoisotopic (exact) mass is 202 g/mol. The summed E-state index contributed by atoms with van der Waals surface area (Å²) >= 11 is 0. The molecule has 2 fully saturated rings. The number of likely N-dealkylation sites (tertiary alicyclic amines) is 1. The number of hydrogen-bond donors (Lipinski definition) is 1. The van der Waals surface area contributed by atoms with Gasteiger partial charge in [0.15, 0.2) is 0 Å². The Morgan fingerprint density at radius 3 is 2.40 bits per heavy atom. The van der Waals surface area contributed by atoms with Gasteiger partial charge >= 0.3 is 0 Å². The average Bonchev–Trinajstić information content (AvgIpc) is 2.60. The van der Waals surface area contributed by atoms with Gasteiger partial charge in [0, 0.05) is 31.7 Å². The highest BCUT2D eigenvalue weighted by Crippen LogP contribution is 2.21. The third-order valence-corrected chi connectivity index (χ3v) is 3.54. The van der Waals surface area contributed by atoms with Gasteiger partial charge in [-0.2, -0.15) is 0 Å². The van der Waals surface area contributed by atoms with E-state index in [1.807, 2.05) is 0 Å². The van der Waals surface area contributed by atoms with E-state index in [-0.39, 0.29) is 0 Å². The Morgan fingerprint density at radius 2 is 1.73 bits per heavy atom. The van der Waals surface area contributed by atoms with Crippen molar-refractivity contribution in [3.63, 3.8) is 0 Å². The molecule has 0 unspecified atom stereocenters. The summed E-state index contributed by atoms with van der Waals surface area (Å²) in [5.74, 6) is 0. The highest BCUT2D eigenvalue weighted by Gasteiger charge is 2.31. The first kappa shape index (κ1) is 9.37. The predicted molar refractivity (Wildman–Crippen MR) is 61.7 cm³/mol. The summed E-state index contributed by atoms with van der Waals surface area (Å²) in [7, 11) is 0. The third-order valence-electron chi connectivity index (χ3n) is 3.54. The molecule has 0 aliphatic carbocycles. The quantitative estimate of drug-likeness (QED) is 0.784. The van der Waals surface area contributed by atoms with Crippen molar-refractivity contribution in [3.05, 3.63) is 35.9 Å². The van der Waals surface area contributed by atoms with Crippen LogP contribution < -0.4 is 5.32 Å². The van der Waals surface area contributed by atoms with Crippen LogP contribution in [0.1, 0.15) is 18.4 Å². The molecule has 2 heteroatoms.